The quantitative estimate of drug-likeness (QED) is 0.623. The molecule has 1 saturated carbocycles. The first kappa shape index (κ1) is 25.6. The molecule has 0 saturated heterocycles. The number of carbonyl (C=O) groups excluding carboxylic acids is 1. The van der Waals surface area contributed by atoms with E-state index in [-0.39, 0.29) is 17.7 Å². The number of aryl methyl sites for hydroxylation is 2. The second-order valence-corrected chi connectivity index (χ2v) is 8.99. The van der Waals surface area contributed by atoms with Crippen LogP contribution in [0.4, 0.5) is 0 Å². The highest BCUT2D eigenvalue weighted by Crippen LogP contribution is 2.25. The van der Waals surface area contributed by atoms with Crippen molar-refractivity contribution in [3.63, 3.8) is 0 Å². The van der Waals surface area contributed by atoms with Gasteiger partial charge in [0.05, 0.1) is 11.8 Å². The molecule has 0 spiro atoms. The van der Waals surface area contributed by atoms with Gasteiger partial charge < -0.3 is 19.9 Å². The minimum absolute atomic E-state index is 0.148. The third-order valence-electron chi connectivity index (χ3n) is 5.81. The number of allylic oxidation sites excluding steroid dienone is 6. The first-order valence-corrected chi connectivity index (χ1v) is 11.3. The van der Waals surface area contributed by atoms with Gasteiger partial charge in [-0.1, -0.05) is 44.1 Å². The van der Waals surface area contributed by atoms with Crippen LogP contribution in [0.2, 0.25) is 0 Å². The van der Waals surface area contributed by atoms with Gasteiger partial charge in [0.15, 0.2) is 0 Å². The van der Waals surface area contributed by atoms with E-state index < -0.39 is 18.1 Å². The highest BCUT2D eigenvalue weighted by Gasteiger charge is 2.30. The van der Waals surface area contributed by atoms with Crippen molar-refractivity contribution in [3.05, 3.63) is 47.2 Å². The lowest BCUT2D eigenvalue weighted by molar-refractivity contribution is -0.144. The van der Waals surface area contributed by atoms with Crippen LogP contribution in [0.15, 0.2) is 34.3 Å². The smallest absolute Gasteiger partial charge is 0.326 e. The number of aliphatic hydroxyl groups excluding tert-OH is 1. The van der Waals surface area contributed by atoms with E-state index in [0.29, 0.717) is 12.3 Å². The summed E-state index contributed by atoms with van der Waals surface area (Å²) in [6.07, 6.45) is 11.7. The number of nitrogens with one attached hydrogen (secondary N) is 1. The van der Waals surface area contributed by atoms with E-state index in [1.54, 1.807) is 13.8 Å². The van der Waals surface area contributed by atoms with Crippen LogP contribution in [0.3, 0.4) is 0 Å². The number of aliphatic hydroxyl groups is 1. The molecule has 7 heteroatoms. The Balaban J connectivity index is 0.000000228. The second kappa shape index (κ2) is 11.8. The summed E-state index contributed by atoms with van der Waals surface area (Å²) in [5.41, 5.74) is 3.36. The first-order chi connectivity index (χ1) is 15.1. The van der Waals surface area contributed by atoms with E-state index >= 15 is 0 Å². The summed E-state index contributed by atoms with van der Waals surface area (Å²) in [5.74, 6) is -0.0460. The van der Waals surface area contributed by atoms with Crippen LogP contribution >= 0.6 is 0 Å². The van der Waals surface area contributed by atoms with Gasteiger partial charge in [0.1, 0.15) is 11.8 Å². The van der Waals surface area contributed by atoms with Gasteiger partial charge in [0.25, 0.3) is 0 Å². The average molecular weight is 445 g/mol. The predicted octanol–water partition coefficient (Wildman–Crippen LogP) is 4.34. The van der Waals surface area contributed by atoms with E-state index in [1.165, 1.54) is 5.57 Å². The highest BCUT2D eigenvalue weighted by atomic mass is 16.4. The second-order valence-electron chi connectivity index (χ2n) is 8.99. The SMILES string of the molecule is CC(C)[C@H](NC(=O)C1CCCC(O)C1)C(=O)O.CC1=CC=C(c2nc(C)c(C)o2)C=CC1. The molecule has 3 atom stereocenters. The third kappa shape index (κ3) is 7.48. The van der Waals surface area contributed by atoms with Gasteiger partial charge in [-0.2, -0.15) is 0 Å². The molecular formula is C25H36N2O5. The maximum Gasteiger partial charge on any atom is 0.326 e. The van der Waals surface area contributed by atoms with Crippen molar-refractivity contribution in [2.24, 2.45) is 11.8 Å². The lowest BCUT2D eigenvalue weighted by atomic mass is 9.86. The topological polar surface area (TPSA) is 113 Å². The zero-order valence-corrected chi connectivity index (χ0v) is 19.7. The lowest BCUT2D eigenvalue weighted by Gasteiger charge is -2.27. The summed E-state index contributed by atoms with van der Waals surface area (Å²) in [6, 6.07) is -0.846. The molecular weight excluding hydrogens is 408 g/mol. The molecule has 1 heterocycles. The Kier molecular flexibility index (Phi) is 9.44. The third-order valence-corrected chi connectivity index (χ3v) is 5.81. The van der Waals surface area contributed by atoms with Gasteiger partial charge in [-0.15, -0.1) is 0 Å². The van der Waals surface area contributed by atoms with E-state index in [9.17, 15) is 14.7 Å². The fourth-order valence-corrected chi connectivity index (χ4v) is 3.65. The Morgan fingerprint density at radius 3 is 2.47 bits per heavy atom. The van der Waals surface area contributed by atoms with Gasteiger partial charge >= 0.3 is 5.97 Å². The monoisotopic (exact) mass is 444 g/mol. The average Bonchev–Trinajstić information content (AvgIpc) is 2.92. The summed E-state index contributed by atoms with van der Waals surface area (Å²) < 4.78 is 5.58. The van der Waals surface area contributed by atoms with Crippen molar-refractivity contribution >= 4 is 17.4 Å². The summed E-state index contributed by atoms with van der Waals surface area (Å²) in [4.78, 5) is 27.2. The number of hydrogen-bond donors (Lipinski definition) is 3. The van der Waals surface area contributed by atoms with Crippen molar-refractivity contribution in [2.75, 3.05) is 0 Å². The number of nitrogens with zero attached hydrogens (tertiary/aromatic N) is 1. The van der Waals surface area contributed by atoms with Crippen molar-refractivity contribution < 1.29 is 24.2 Å². The van der Waals surface area contributed by atoms with Crippen LogP contribution in [0.1, 0.15) is 70.2 Å². The van der Waals surface area contributed by atoms with E-state index in [0.717, 1.165) is 42.7 Å². The number of rotatable bonds is 5. The van der Waals surface area contributed by atoms with Crippen LogP contribution in [0.5, 0.6) is 0 Å². The Bertz CT molecular complexity index is 875. The summed E-state index contributed by atoms with van der Waals surface area (Å²) in [7, 11) is 0. The molecule has 2 aliphatic carbocycles. The van der Waals surface area contributed by atoms with Crippen LogP contribution in [0, 0.1) is 25.7 Å². The van der Waals surface area contributed by atoms with Gasteiger partial charge in [-0.3, -0.25) is 4.79 Å². The minimum atomic E-state index is -1.01. The van der Waals surface area contributed by atoms with Gasteiger partial charge in [0, 0.05) is 11.5 Å². The van der Waals surface area contributed by atoms with Crippen LogP contribution < -0.4 is 5.32 Å². The first-order valence-electron chi connectivity index (χ1n) is 11.3. The largest absolute Gasteiger partial charge is 0.480 e. The molecule has 2 unspecified atom stereocenters. The van der Waals surface area contributed by atoms with Crippen molar-refractivity contribution in [1.29, 1.82) is 0 Å². The number of hydrogen-bond acceptors (Lipinski definition) is 5. The van der Waals surface area contributed by atoms with Crippen molar-refractivity contribution in [3.8, 4) is 0 Å². The zero-order valence-electron chi connectivity index (χ0n) is 19.7. The summed E-state index contributed by atoms with van der Waals surface area (Å²) in [6.45, 7) is 9.54. The molecule has 1 aromatic heterocycles. The Morgan fingerprint density at radius 1 is 1.19 bits per heavy atom. The van der Waals surface area contributed by atoms with E-state index in [2.05, 4.69) is 41.5 Å². The lowest BCUT2D eigenvalue weighted by Crippen LogP contribution is -2.47. The fourth-order valence-electron chi connectivity index (χ4n) is 3.65. The molecule has 32 heavy (non-hydrogen) atoms. The van der Waals surface area contributed by atoms with Crippen molar-refractivity contribution in [1.82, 2.24) is 10.3 Å². The van der Waals surface area contributed by atoms with Crippen LogP contribution in [0.25, 0.3) is 5.57 Å². The summed E-state index contributed by atoms with van der Waals surface area (Å²) >= 11 is 0. The number of carbonyl (C=O) groups is 2. The maximum absolute atomic E-state index is 11.9. The molecule has 0 aromatic carbocycles. The van der Waals surface area contributed by atoms with E-state index in [4.69, 9.17) is 9.52 Å². The molecule has 3 N–H and O–H groups in total. The molecule has 3 rings (SSSR count). The summed E-state index contributed by atoms with van der Waals surface area (Å²) in [5, 5.41) is 21.0. The predicted molar refractivity (Wildman–Crippen MR) is 124 cm³/mol. The number of aliphatic carboxylic acids is 1. The molecule has 1 fully saturated rings. The van der Waals surface area contributed by atoms with Crippen LogP contribution in [-0.2, 0) is 9.59 Å². The Labute approximate surface area is 190 Å². The Morgan fingerprint density at radius 2 is 1.91 bits per heavy atom. The number of carboxylic acids is 1. The molecule has 2 aliphatic rings. The minimum Gasteiger partial charge on any atom is -0.480 e. The molecule has 0 aliphatic heterocycles. The normalized spacial score (nSPS) is 21.6. The number of oxazole rings is 1. The van der Waals surface area contributed by atoms with Gasteiger partial charge in [-0.05, 0) is 58.4 Å². The Hall–Kier alpha value is -2.67. The molecule has 0 radical (unpaired) electrons. The molecule has 0 bridgehead atoms. The van der Waals surface area contributed by atoms with Gasteiger partial charge in [0.2, 0.25) is 11.8 Å². The van der Waals surface area contributed by atoms with Crippen molar-refractivity contribution in [2.45, 2.75) is 78.9 Å². The van der Waals surface area contributed by atoms with E-state index in [1.807, 2.05) is 13.8 Å². The van der Waals surface area contributed by atoms with Crippen LogP contribution in [-0.4, -0.2) is 39.2 Å². The molecule has 176 valence electrons. The molecule has 1 aromatic rings. The molecule has 1 amide bonds. The number of carboxylic acid groups (broad SMARTS) is 1. The standard InChI is InChI=1S/C13H15NO.C12H21NO4/c1-9-5-4-6-12(8-7-9)13-14-10(2)11(3)15-13;1-7(2)10(12(16)17)13-11(15)8-4-3-5-9(14)6-8/h4,6-8H,5H2,1-3H3;7-10,14H,3-6H2,1-2H3,(H,13,15)(H,16,17)/t;8?,9?,10-/m.0/s1. The fraction of sp³-hybridized carbons (Fsp3) is 0.560. The van der Waals surface area contributed by atoms with Gasteiger partial charge in [-0.25, -0.2) is 9.78 Å². The maximum atomic E-state index is 11.9. The number of amides is 1. The zero-order chi connectivity index (χ0) is 23.8. The highest BCUT2D eigenvalue weighted by molar-refractivity contribution is 5.85. The number of aromatic nitrogens is 1. The molecule has 7 nitrogen and oxygen atoms in total.